The first-order chi connectivity index (χ1) is 14.1. The molecule has 7 nitrogen and oxygen atoms in total. The lowest BCUT2D eigenvalue weighted by molar-refractivity contribution is 0.102. The van der Waals surface area contributed by atoms with Crippen molar-refractivity contribution in [1.29, 1.82) is 0 Å². The molecule has 0 bridgehead atoms. The summed E-state index contributed by atoms with van der Waals surface area (Å²) >= 11 is 0. The monoisotopic (exact) mass is 391 g/mol. The van der Waals surface area contributed by atoms with Gasteiger partial charge in [0.15, 0.2) is 0 Å². The quantitative estimate of drug-likeness (QED) is 0.612. The molecule has 0 fully saturated rings. The van der Waals surface area contributed by atoms with Crippen molar-refractivity contribution in [3.8, 4) is 5.75 Å². The highest BCUT2D eigenvalue weighted by Crippen LogP contribution is 2.18. The van der Waals surface area contributed by atoms with Crippen molar-refractivity contribution in [3.63, 3.8) is 0 Å². The Balaban J connectivity index is 1.53. The van der Waals surface area contributed by atoms with E-state index in [-0.39, 0.29) is 5.91 Å². The van der Waals surface area contributed by atoms with Gasteiger partial charge in [-0.15, -0.1) is 0 Å². The third-order valence-electron chi connectivity index (χ3n) is 4.43. The van der Waals surface area contributed by atoms with Crippen molar-refractivity contribution < 1.29 is 9.53 Å². The molecule has 1 heterocycles. The molecule has 0 radical (unpaired) electrons. The second kappa shape index (κ2) is 9.54. The molecule has 0 atom stereocenters. The van der Waals surface area contributed by atoms with Crippen LogP contribution in [0.5, 0.6) is 5.75 Å². The molecule has 29 heavy (non-hydrogen) atoms. The molecule has 0 unspecified atom stereocenters. The van der Waals surface area contributed by atoms with Crippen LogP contribution in [0.3, 0.4) is 0 Å². The van der Waals surface area contributed by atoms with E-state index >= 15 is 0 Å². The van der Waals surface area contributed by atoms with E-state index in [1.165, 1.54) is 12.4 Å². The van der Waals surface area contributed by atoms with E-state index in [2.05, 4.69) is 20.6 Å². The van der Waals surface area contributed by atoms with Gasteiger partial charge >= 0.3 is 0 Å². The Bertz CT molecular complexity index is 940. The summed E-state index contributed by atoms with van der Waals surface area (Å²) < 4.78 is 5.35. The molecule has 3 aromatic rings. The Kier molecular flexibility index (Phi) is 6.63. The minimum absolute atomic E-state index is 0.247. The number of carbonyl (C=O) groups is 1. The zero-order chi connectivity index (χ0) is 20.6. The minimum atomic E-state index is -0.247. The van der Waals surface area contributed by atoms with Gasteiger partial charge in [-0.25, -0.2) is 9.97 Å². The molecular weight excluding hydrogens is 366 g/mol. The van der Waals surface area contributed by atoms with Gasteiger partial charge in [-0.2, -0.15) is 0 Å². The van der Waals surface area contributed by atoms with Gasteiger partial charge in [-0.05, 0) is 42.3 Å². The van der Waals surface area contributed by atoms with Crippen LogP contribution in [-0.4, -0.2) is 43.6 Å². The van der Waals surface area contributed by atoms with Gasteiger partial charge in [-0.1, -0.05) is 18.2 Å². The zero-order valence-corrected chi connectivity index (χ0v) is 16.8. The second-order valence-corrected chi connectivity index (χ2v) is 6.68. The summed E-state index contributed by atoms with van der Waals surface area (Å²) in [6, 6.07) is 15.5. The molecule has 7 heteroatoms. The molecule has 0 saturated carbocycles. The second-order valence-electron chi connectivity index (χ2n) is 6.68. The summed E-state index contributed by atoms with van der Waals surface area (Å²) in [4.78, 5) is 22.8. The average molecular weight is 391 g/mol. The average Bonchev–Trinajstić information content (AvgIpc) is 2.75. The summed E-state index contributed by atoms with van der Waals surface area (Å²) in [5.74, 6) is 1.09. The summed E-state index contributed by atoms with van der Waals surface area (Å²) in [5, 5.41) is 6.01. The summed E-state index contributed by atoms with van der Waals surface area (Å²) in [7, 11) is 5.60. The standard InChI is InChI=1S/C22H25N5O2/c1-27(2)19-10-8-18(9-11-19)26-21(28)17-14-24-22(25-15-17)23-13-12-16-6-4-5-7-20(16)29-3/h4-11,14-15H,12-13H2,1-3H3,(H,26,28)(H,23,24,25). The lowest BCUT2D eigenvalue weighted by atomic mass is 10.1. The fraction of sp³-hybridized carbons (Fsp3) is 0.227. The van der Waals surface area contributed by atoms with E-state index in [0.29, 0.717) is 18.1 Å². The molecule has 0 aliphatic rings. The van der Waals surface area contributed by atoms with Gasteiger partial charge in [0, 0.05) is 44.4 Å². The highest BCUT2D eigenvalue weighted by molar-refractivity contribution is 6.03. The number of nitrogens with zero attached hydrogens (tertiary/aromatic N) is 3. The third-order valence-corrected chi connectivity index (χ3v) is 4.43. The number of hydrogen-bond acceptors (Lipinski definition) is 6. The van der Waals surface area contributed by atoms with Crippen LogP contribution in [0.25, 0.3) is 0 Å². The molecule has 0 saturated heterocycles. The highest BCUT2D eigenvalue weighted by atomic mass is 16.5. The van der Waals surface area contributed by atoms with Crippen LogP contribution >= 0.6 is 0 Å². The van der Waals surface area contributed by atoms with Gasteiger partial charge in [0.1, 0.15) is 5.75 Å². The number of aromatic nitrogens is 2. The van der Waals surface area contributed by atoms with E-state index in [0.717, 1.165) is 29.1 Å². The van der Waals surface area contributed by atoms with Crippen molar-refractivity contribution in [2.45, 2.75) is 6.42 Å². The Morgan fingerprint density at radius 1 is 1.03 bits per heavy atom. The summed E-state index contributed by atoms with van der Waals surface area (Å²) in [6.07, 6.45) is 3.81. The van der Waals surface area contributed by atoms with Gasteiger partial charge in [-0.3, -0.25) is 4.79 Å². The first-order valence-electron chi connectivity index (χ1n) is 9.33. The molecule has 2 aromatic carbocycles. The fourth-order valence-electron chi connectivity index (χ4n) is 2.80. The first kappa shape index (κ1) is 20.1. The van der Waals surface area contributed by atoms with E-state index < -0.39 is 0 Å². The lowest BCUT2D eigenvalue weighted by Gasteiger charge is -2.13. The number of ether oxygens (including phenoxy) is 1. The molecular formula is C22H25N5O2. The van der Waals surface area contributed by atoms with Crippen molar-refractivity contribution in [2.75, 3.05) is 43.3 Å². The number of carbonyl (C=O) groups excluding carboxylic acids is 1. The number of amides is 1. The fourth-order valence-corrected chi connectivity index (χ4v) is 2.80. The molecule has 1 amide bonds. The molecule has 0 aliphatic heterocycles. The Labute approximate surface area is 170 Å². The van der Waals surface area contributed by atoms with Crippen molar-refractivity contribution >= 4 is 23.2 Å². The number of methoxy groups -OCH3 is 1. The van der Waals surface area contributed by atoms with Crippen LogP contribution in [0.2, 0.25) is 0 Å². The zero-order valence-electron chi connectivity index (χ0n) is 16.8. The first-order valence-corrected chi connectivity index (χ1v) is 9.33. The van der Waals surface area contributed by atoms with Crippen LogP contribution in [0.4, 0.5) is 17.3 Å². The van der Waals surface area contributed by atoms with Gasteiger partial charge < -0.3 is 20.3 Å². The Morgan fingerprint density at radius 2 is 1.72 bits per heavy atom. The van der Waals surface area contributed by atoms with Crippen molar-refractivity contribution in [3.05, 3.63) is 72.1 Å². The van der Waals surface area contributed by atoms with E-state index in [4.69, 9.17) is 4.74 Å². The highest BCUT2D eigenvalue weighted by Gasteiger charge is 2.08. The SMILES string of the molecule is COc1ccccc1CCNc1ncc(C(=O)Nc2ccc(N(C)C)cc2)cn1. The Hall–Kier alpha value is -3.61. The van der Waals surface area contributed by atoms with Crippen LogP contribution in [0, 0.1) is 0 Å². The van der Waals surface area contributed by atoms with Crippen LogP contribution in [0.15, 0.2) is 60.9 Å². The number of para-hydroxylation sites is 1. The van der Waals surface area contributed by atoms with E-state index in [9.17, 15) is 4.79 Å². The predicted octanol–water partition coefficient (Wildman–Crippen LogP) is 3.46. The minimum Gasteiger partial charge on any atom is -0.496 e. The lowest BCUT2D eigenvalue weighted by Crippen LogP contribution is -2.14. The molecule has 0 spiro atoms. The van der Waals surface area contributed by atoms with Crippen molar-refractivity contribution in [1.82, 2.24) is 9.97 Å². The van der Waals surface area contributed by atoms with Gasteiger partial charge in [0.05, 0.1) is 12.7 Å². The summed E-state index contributed by atoms with van der Waals surface area (Å²) in [6.45, 7) is 0.657. The number of nitrogens with one attached hydrogen (secondary N) is 2. The molecule has 0 aliphatic carbocycles. The number of anilines is 3. The topological polar surface area (TPSA) is 79.4 Å². The largest absolute Gasteiger partial charge is 0.496 e. The normalized spacial score (nSPS) is 10.3. The maximum Gasteiger partial charge on any atom is 0.258 e. The number of benzene rings is 2. The maximum absolute atomic E-state index is 12.4. The van der Waals surface area contributed by atoms with Crippen LogP contribution < -0.4 is 20.3 Å². The Morgan fingerprint density at radius 3 is 2.38 bits per heavy atom. The molecule has 3 rings (SSSR count). The van der Waals surface area contributed by atoms with Crippen LogP contribution in [-0.2, 0) is 6.42 Å². The maximum atomic E-state index is 12.4. The third kappa shape index (κ3) is 5.44. The van der Waals surface area contributed by atoms with Gasteiger partial charge in [0.2, 0.25) is 5.95 Å². The van der Waals surface area contributed by atoms with Gasteiger partial charge in [0.25, 0.3) is 5.91 Å². The van der Waals surface area contributed by atoms with Crippen molar-refractivity contribution in [2.24, 2.45) is 0 Å². The van der Waals surface area contributed by atoms with E-state index in [1.54, 1.807) is 7.11 Å². The number of rotatable bonds is 8. The predicted molar refractivity (Wildman–Crippen MR) is 116 cm³/mol. The van der Waals surface area contributed by atoms with E-state index in [1.807, 2.05) is 67.5 Å². The molecule has 150 valence electrons. The van der Waals surface area contributed by atoms with Crippen LogP contribution in [0.1, 0.15) is 15.9 Å². The molecule has 2 N–H and O–H groups in total. The number of hydrogen-bond donors (Lipinski definition) is 2. The smallest absolute Gasteiger partial charge is 0.258 e. The summed E-state index contributed by atoms with van der Waals surface area (Å²) in [5.41, 5.74) is 3.30. The molecule has 1 aromatic heterocycles.